The molecule has 0 fully saturated rings. The van der Waals surface area contributed by atoms with Gasteiger partial charge in [0.1, 0.15) is 24.0 Å². The molecule has 2 N–H and O–H groups in total. The molecule has 0 unspecified atom stereocenters. The van der Waals surface area contributed by atoms with Crippen molar-refractivity contribution in [3.8, 4) is 34.8 Å². The van der Waals surface area contributed by atoms with Gasteiger partial charge in [0.25, 0.3) is 0 Å². The Kier molecular flexibility index (Phi) is 5.72. The van der Waals surface area contributed by atoms with E-state index >= 15 is 0 Å². The first-order chi connectivity index (χ1) is 16.5. The molecule has 1 atom stereocenters. The Morgan fingerprint density at radius 2 is 1.76 bits per heavy atom. The lowest BCUT2D eigenvalue weighted by molar-refractivity contribution is 0.174. The normalized spacial score (nSPS) is 15.9. The molecule has 3 aromatic rings. The highest BCUT2D eigenvalue weighted by Crippen LogP contribution is 2.50. The number of rotatable bonds is 5. The van der Waals surface area contributed by atoms with Crippen molar-refractivity contribution in [1.29, 1.82) is 5.26 Å². The molecule has 2 aliphatic heterocycles. The molecule has 5 rings (SSSR count). The lowest BCUT2D eigenvalue weighted by Crippen LogP contribution is -2.21. The number of fused-ring (bicyclic) bond motifs is 2. The fourth-order valence-electron chi connectivity index (χ4n) is 4.06. The Balaban J connectivity index is 1.55. The predicted molar refractivity (Wildman–Crippen MR) is 128 cm³/mol. The number of ether oxygens (including phenoxy) is 5. The van der Waals surface area contributed by atoms with E-state index in [9.17, 15) is 5.26 Å². The van der Waals surface area contributed by atoms with Crippen molar-refractivity contribution >= 4 is 15.9 Å². The zero-order valence-corrected chi connectivity index (χ0v) is 20.1. The van der Waals surface area contributed by atoms with E-state index in [1.54, 1.807) is 13.2 Å². The van der Waals surface area contributed by atoms with Crippen LogP contribution in [0.25, 0.3) is 0 Å². The number of nitrogens with zero attached hydrogens (tertiary/aromatic N) is 1. The maximum atomic E-state index is 9.92. The average molecular weight is 521 g/mol. The molecule has 0 bridgehead atoms. The molecule has 3 aromatic carbocycles. The second-order valence-corrected chi connectivity index (χ2v) is 8.82. The van der Waals surface area contributed by atoms with Gasteiger partial charge in [0.05, 0.1) is 13.0 Å². The minimum absolute atomic E-state index is 0.0458. The van der Waals surface area contributed by atoms with Crippen molar-refractivity contribution in [2.75, 3.05) is 13.9 Å². The van der Waals surface area contributed by atoms with Crippen LogP contribution in [-0.2, 0) is 6.61 Å². The Morgan fingerprint density at radius 1 is 1.03 bits per heavy atom. The summed E-state index contributed by atoms with van der Waals surface area (Å²) in [5.41, 5.74) is 10.2. The van der Waals surface area contributed by atoms with Gasteiger partial charge in [-0.25, -0.2) is 0 Å². The SMILES string of the molecule is COc1cc([C@@H]2C(C#N)=C(N)Oc3cc4c(cc32)OCO4)c(Br)cc1OCc1ccc(C)cc1. The summed E-state index contributed by atoms with van der Waals surface area (Å²) in [4.78, 5) is 0. The monoisotopic (exact) mass is 520 g/mol. The van der Waals surface area contributed by atoms with E-state index in [2.05, 4.69) is 22.0 Å². The van der Waals surface area contributed by atoms with Crippen molar-refractivity contribution in [3.05, 3.63) is 86.7 Å². The second kappa shape index (κ2) is 8.84. The largest absolute Gasteiger partial charge is 0.493 e. The Bertz CT molecular complexity index is 1340. The van der Waals surface area contributed by atoms with Crippen molar-refractivity contribution in [2.24, 2.45) is 5.73 Å². The van der Waals surface area contributed by atoms with Crippen LogP contribution in [0.4, 0.5) is 0 Å². The topological polar surface area (TPSA) is 96.0 Å². The van der Waals surface area contributed by atoms with Crippen LogP contribution in [0, 0.1) is 18.3 Å². The van der Waals surface area contributed by atoms with E-state index in [4.69, 9.17) is 29.4 Å². The van der Waals surface area contributed by atoms with Gasteiger partial charge in [0.15, 0.2) is 23.0 Å². The maximum absolute atomic E-state index is 9.92. The van der Waals surface area contributed by atoms with Crippen LogP contribution in [-0.4, -0.2) is 13.9 Å². The molecule has 172 valence electrons. The molecule has 0 spiro atoms. The number of nitrogens with two attached hydrogens (primary N) is 1. The van der Waals surface area contributed by atoms with Gasteiger partial charge >= 0.3 is 0 Å². The molecule has 34 heavy (non-hydrogen) atoms. The van der Waals surface area contributed by atoms with E-state index < -0.39 is 5.92 Å². The standard InChI is InChI=1S/C26H21BrN2O5/c1-14-3-5-15(6-4-14)12-31-23-9-19(27)16(7-21(23)30-2)25-17-8-22-24(33-13-32-22)10-20(17)34-26(29)18(25)11-28/h3-10,25H,12-13,29H2,1-2H3/t25-/m0/s1. The molecule has 2 heterocycles. The molecule has 0 radical (unpaired) electrons. The third-order valence-electron chi connectivity index (χ3n) is 5.82. The van der Waals surface area contributed by atoms with Crippen LogP contribution in [0.15, 0.2) is 64.5 Å². The van der Waals surface area contributed by atoms with Gasteiger partial charge in [-0.05, 0) is 36.2 Å². The van der Waals surface area contributed by atoms with Crippen LogP contribution in [0.2, 0.25) is 0 Å². The van der Waals surface area contributed by atoms with Gasteiger partial charge in [-0.3, -0.25) is 0 Å². The Labute approximate surface area is 205 Å². The van der Waals surface area contributed by atoms with E-state index in [1.165, 1.54) is 5.56 Å². The van der Waals surface area contributed by atoms with E-state index in [-0.39, 0.29) is 12.7 Å². The first kappa shape index (κ1) is 22.0. The highest BCUT2D eigenvalue weighted by atomic mass is 79.9. The summed E-state index contributed by atoms with van der Waals surface area (Å²) < 4.78 is 29.2. The zero-order chi connectivity index (χ0) is 23.8. The fraction of sp³-hybridized carbons (Fsp3) is 0.192. The minimum Gasteiger partial charge on any atom is -0.493 e. The minimum atomic E-state index is -0.502. The van der Waals surface area contributed by atoms with Crippen molar-refractivity contribution in [1.82, 2.24) is 0 Å². The quantitative estimate of drug-likeness (QED) is 0.487. The Hall–Kier alpha value is -3.83. The fourth-order valence-corrected chi connectivity index (χ4v) is 4.61. The predicted octanol–water partition coefficient (Wildman–Crippen LogP) is 5.29. The molecule has 7 nitrogen and oxygen atoms in total. The summed E-state index contributed by atoms with van der Waals surface area (Å²) in [6.07, 6.45) is 0. The number of nitriles is 1. The van der Waals surface area contributed by atoms with Gasteiger partial charge in [0.2, 0.25) is 12.7 Å². The summed E-state index contributed by atoms with van der Waals surface area (Å²) in [6, 6.07) is 17.6. The number of methoxy groups -OCH3 is 1. The van der Waals surface area contributed by atoms with Crippen LogP contribution >= 0.6 is 15.9 Å². The summed E-state index contributed by atoms with van der Waals surface area (Å²) in [6.45, 7) is 2.56. The molecule has 0 saturated heterocycles. The summed E-state index contributed by atoms with van der Waals surface area (Å²) in [5.74, 6) is 2.33. The molecule has 0 saturated carbocycles. The zero-order valence-electron chi connectivity index (χ0n) is 18.6. The first-order valence-electron chi connectivity index (χ1n) is 10.6. The molecule has 0 amide bonds. The van der Waals surface area contributed by atoms with Crippen LogP contribution in [0.3, 0.4) is 0 Å². The van der Waals surface area contributed by atoms with E-state index in [0.717, 1.165) is 21.2 Å². The highest BCUT2D eigenvalue weighted by Gasteiger charge is 2.35. The van der Waals surface area contributed by atoms with Gasteiger partial charge in [-0.15, -0.1) is 0 Å². The van der Waals surface area contributed by atoms with E-state index in [1.807, 2.05) is 49.4 Å². The highest BCUT2D eigenvalue weighted by molar-refractivity contribution is 9.10. The van der Waals surface area contributed by atoms with Crippen molar-refractivity contribution in [3.63, 3.8) is 0 Å². The Morgan fingerprint density at radius 3 is 2.47 bits per heavy atom. The molecular weight excluding hydrogens is 500 g/mol. The van der Waals surface area contributed by atoms with Crippen LogP contribution in [0.5, 0.6) is 28.7 Å². The van der Waals surface area contributed by atoms with Crippen molar-refractivity contribution in [2.45, 2.75) is 19.4 Å². The average Bonchev–Trinajstić information content (AvgIpc) is 3.29. The van der Waals surface area contributed by atoms with Gasteiger partial charge in [-0.1, -0.05) is 45.8 Å². The molecule has 0 aliphatic carbocycles. The number of halogens is 1. The van der Waals surface area contributed by atoms with Crippen LogP contribution in [0.1, 0.15) is 28.2 Å². The number of aryl methyl sites for hydroxylation is 1. The molecule has 8 heteroatoms. The van der Waals surface area contributed by atoms with Gasteiger partial charge in [-0.2, -0.15) is 5.26 Å². The van der Waals surface area contributed by atoms with Gasteiger partial charge < -0.3 is 29.4 Å². The third kappa shape index (κ3) is 3.88. The number of allylic oxidation sites excluding steroid dienone is 1. The van der Waals surface area contributed by atoms with Crippen LogP contribution < -0.4 is 29.4 Å². The lowest BCUT2D eigenvalue weighted by atomic mass is 9.83. The smallest absolute Gasteiger partial charge is 0.231 e. The van der Waals surface area contributed by atoms with E-state index in [0.29, 0.717) is 40.9 Å². The number of benzene rings is 3. The molecular formula is C26H21BrN2O5. The van der Waals surface area contributed by atoms with Crippen molar-refractivity contribution < 1.29 is 23.7 Å². The third-order valence-corrected chi connectivity index (χ3v) is 6.51. The number of hydrogen-bond acceptors (Lipinski definition) is 7. The summed E-state index contributed by atoms with van der Waals surface area (Å²) in [5, 5.41) is 9.92. The number of hydrogen-bond donors (Lipinski definition) is 1. The maximum Gasteiger partial charge on any atom is 0.231 e. The second-order valence-electron chi connectivity index (χ2n) is 7.97. The molecule has 2 aliphatic rings. The lowest BCUT2D eigenvalue weighted by Gasteiger charge is -2.28. The van der Waals surface area contributed by atoms with Gasteiger partial charge in [0, 0.05) is 16.1 Å². The molecule has 0 aromatic heterocycles. The summed E-state index contributed by atoms with van der Waals surface area (Å²) >= 11 is 3.67. The first-order valence-corrected chi connectivity index (χ1v) is 11.3. The summed E-state index contributed by atoms with van der Waals surface area (Å²) in [7, 11) is 1.58.